The molecule has 3 heteroatoms. The van der Waals surface area contributed by atoms with Gasteiger partial charge in [0.15, 0.2) is 0 Å². The van der Waals surface area contributed by atoms with Crippen molar-refractivity contribution in [1.29, 1.82) is 0 Å². The fourth-order valence-electron chi connectivity index (χ4n) is 2.83. The highest BCUT2D eigenvalue weighted by Crippen LogP contribution is 2.25. The minimum atomic E-state index is 0.310. The van der Waals surface area contributed by atoms with Crippen LogP contribution in [-0.4, -0.2) is 18.2 Å². The fraction of sp³-hybridized carbons (Fsp3) is 0.333. The predicted molar refractivity (Wildman–Crippen MR) is 88.1 cm³/mol. The molecule has 21 heavy (non-hydrogen) atoms. The second-order valence-electron chi connectivity index (χ2n) is 5.71. The van der Waals surface area contributed by atoms with Gasteiger partial charge in [-0.05, 0) is 61.2 Å². The van der Waals surface area contributed by atoms with Gasteiger partial charge in [0.1, 0.15) is 5.75 Å². The summed E-state index contributed by atoms with van der Waals surface area (Å²) in [4.78, 5) is 2.46. The van der Waals surface area contributed by atoms with Crippen LogP contribution in [0.25, 0.3) is 0 Å². The maximum atomic E-state index is 9.30. The van der Waals surface area contributed by atoms with Crippen molar-refractivity contribution in [3.8, 4) is 5.75 Å². The second-order valence-corrected chi connectivity index (χ2v) is 5.71. The Morgan fingerprint density at radius 2 is 1.76 bits per heavy atom. The molecule has 0 saturated carbocycles. The van der Waals surface area contributed by atoms with E-state index in [0.29, 0.717) is 5.75 Å². The van der Waals surface area contributed by atoms with E-state index in [1.807, 2.05) is 12.1 Å². The topological polar surface area (TPSA) is 35.5 Å². The number of nitrogens with zero attached hydrogens (tertiary/aromatic N) is 1. The van der Waals surface area contributed by atoms with Crippen LogP contribution in [0.5, 0.6) is 5.75 Å². The molecule has 0 aliphatic carbocycles. The lowest BCUT2D eigenvalue weighted by molar-refractivity contribution is 0.475. The molecule has 1 aliphatic heterocycles. The van der Waals surface area contributed by atoms with Crippen molar-refractivity contribution < 1.29 is 5.11 Å². The zero-order chi connectivity index (χ0) is 14.7. The fourth-order valence-corrected chi connectivity index (χ4v) is 2.83. The van der Waals surface area contributed by atoms with Gasteiger partial charge in [-0.1, -0.05) is 12.1 Å². The molecule has 2 aromatic carbocycles. The summed E-state index contributed by atoms with van der Waals surface area (Å²) in [5, 5.41) is 12.8. The van der Waals surface area contributed by atoms with Crippen LogP contribution in [0.4, 0.5) is 11.4 Å². The van der Waals surface area contributed by atoms with Crippen molar-refractivity contribution in [2.75, 3.05) is 23.3 Å². The summed E-state index contributed by atoms with van der Waals surface area (Å²) in [5.74, 6) is 0.310. The van der Waals surface area contributed by atoms with Crippen molar-refractivity contribution in [2.24, 2.45) is 0 Å². The summed E-state index contributed by atoms with van der Waals surface area (Å²) in [5.41, 5.74) is 4.94. The molecule has 0 aromatic heterocycles. The molecule has 1 saturated heterocycles. The van der Waals surface area contributed by atoms with Gasteiger partial charge in [0.2, 0.25) is 0 Å². The average Bonchev–Trinajstić information content (AvgIpc) is 3.02. The zero-order valence-electron chi connectivity index (χ0n) is 12.5. The first kappa shape index (κ1) is 13.8. The van der Waals surface area contributed by atoms with Gasteiger partial charge in [-0.2, -0.15) is 0 Å². The Labute approximate surface area is 126 Å². The second kappa shape index (κ2) is 6.08. The van der Waals surface area contributed by atoms with Gasteiger partial charge in [-0.15, -0.1) is 0 Å². The summed E-state index contributed by atoms with van der Waals surface area (Å²) in [6.45, 7) is 5.28. The van der Waals surface area contributed by atoms with Crippen LogP contribution in [-0.2, 0) is 6.54 Å². The van der Waals surface area contributed by atoms with E-state index in [1.165, 1.54) is 42.9 Å². The molecule has 3 rings (SSSR count). The minimum Gasteiger partial charge on any atom is -0.508 e. The lowest BCUT2D eigenvalue weighted by Gasteiger charge is -2.19. The number of phenolic OH excluding ortho intramolecular Hbond substituents is 1. The van der Waals surface area contributed by atoms with Crippen LogP contribution in [0, 0.1) is 6.92 Å². The third kappa shape index (κ3) is 3.30. The van der Waals surface area contributed by atoms with Crippen LogP contribution in [0.15, 0.2) is 42.5 Å². The summed E-state index contributed by atoms with van der Waals surface area (Å²) in [7, 11) is 0. The van der Waals surface area contributed by atoms with Crippen LogP contribution in [0.2, 0.25) is 0 Å². The van der Waals surface area contributed by atoms with Gasteiger partial charge < -0.3 is 15.3 Å². The molecule has 0 amide bonds. The Hall–Kier alpha value is -2.16. The first-order valence-electron chi connectivity index (χ1n) is 7.60. The highest BCUT2D eigenvalue weighted by Gasteiger charge is 2.12. The number of benzene rings is 2. The highest BCUT2D eigenvalue weighted by atomic mass is 16.3. The van der Waals surface area contributed by atoms with E-state index in [4.69, 9.17) is 0 Å². The SMILES string of the molecule is Cc1cc(N2CCCC2)ccc1NCc1ccc(O)cc1. The van der Waals surface area contributed by atoms with Gasteiger partial charge in [0.05, 0.1) is 0 Å². The molecule has 0 spiro atoms. The molecule has 1 aliphatic rings. The molecule has 2 N–H and O–H groups in total. The molecule has 1 heterocycles. The quantitative estimate of drug-likeness (QED) is 0.892. The third-order valence-electron chi connectivity index (χ3n) is 4.10. The van der Waals surface area contributed by atoms with Gasteiger partial charge in [-0.3, -0.25) is 0 Å². The Bertz CT molecular complexity index is 601. The number of hydrogen-bond acceptors (Lipinski definition) is 3. The maximum absolute atomic E-state index is 9.30. The summed E-state index contributed by atoms with van der Waals surface area (Å²) in [6.07, 6.45) is 2.61. The molecule has 1 fully saturated rings. The van der Waals surface area contributed by atoms with Crippen molar-refractivity contribution >= 4 is 11.4 Å². The lowest BCUT2D eigenvalue weighted by atomic mass is 10.1. The van der Waals surface area contributed by atoms with Crippen molar-refractivity contribution in [2.45, 2.75) is 26.3 Å². The lowest BCUT2D eigenvalue weighted by Crippen LogP contribution is -2.17. The zero-order valence-corrected chi connectivity index (χ0v) is 12.5. The number of phenols is 1. The van der Waals surface area contributed by atoms with Gasteiger partial charge in [-0.25, -0.2) is 0 Å². The Morgan fingerprint density at radius 3 is 2.43 bits per heavy atom. The Kier molecular flexibility index (Phi) is 4.00. The number of aromatic hydroxyl groups is 1. The molecule has 110 valence electrons. The van der Waals surface area contributed by atoms with E-state index < -0.39 is 0 Å². The predicted octanol–water partition coefficient (Wildman–Crippen LogP) is 3.91. The van der Waals surface area contributed by atoms with Gasteiger partial charge in [0.25, 0.3) is 0 Å². The van der Waals surface area contributed by atoms with Crippen LogP contribution >= 0.6 is 0 Å². The number of rotatable bonds is 4. The van der Waals surface area contributed by atoms with Crippen molar-refractivity contribution in [1.82, 2.24) is 0 Å². The molecule has 0 atom stereocenters. The highest BCUT2D eigenvalue weighted by molar-refractivity contribution is 5.60. The molecule has 0 bridgehead atoms. The summed E-state index contributed by atoms with van der Waals surface area (Å²) in [6, 6.07) is 14.0. The van der Waals surface area contributed by atoms with E-state index in [1.54, 1.807) is 12.1 Å². The van der Waals surface area contributed by atoms with Gasteiger partial charge in [0, 0.05) is 31.0 Å². The van der Waals surface area contributed by atoms with E-state index in [-0.39, 0.29) is 0 Å². The Morgan fingerprint density at radius 1 is 1.05 bits per heavy atom. The molecule has 0 radical (unpaired) electrons. The largest absolute Gasteiger partial charge is 0.508 e. The monoisotopic (exact) mass is 282 g/mol. The maximum Gasteiger partial charge on any atom is 0.115 e. The molecule has 0 unspecified atom stereocenters. The summed E-state index contributed by atoms with van der Waals surface area (Å²) < 4.78 is 0. The third-order valence-corrected chi connectivity index (χ3v) is 4.10. The standard InChI is InChI=1S/C18H22N2O/c1-14-12-16(20-10-2-3-11-20)6-9-18(14)19-13-15-4-7-17(21)8-5-15/h4-9,12,19,21H,2-3,10-11,13H2,1H3. The summed E-state index contributed by atoms with van der Waals surface area (Å²) >= 11 is 0. The smallest absolute Gasteiger partial charge is 0.115 e. The average molecular weight is 282 g/mol. The van der Waals surface area contributed by atoms with E-state index in [9.17, 15) is 5.11 Å². The Balaban J connectivity index is 1.66. The number of hydrogen-bond donors (Lipinski definition) is 2. The minimum absolute atomic E-state index is 0.310. The van der Waals surface area contributed by atoms with Crippen molar-refractivity contribution in [3.63, 3.8) is 0 Å². The first-order chi connectivity index (χ1) is 10.2. The number of anilines is 2. The molecule has 2 aromatic rings. The van der Waals surface area contributed by atoms with E-state index in [0.717, 1.165) is 12.1 Å². The molecular formula is C18H22N2O. The van der Waals surface area contributed by atoms with Crippen molar-refractivity contribution in [3.05, 3.63) is 53.6 Å². The van der Waals surface area contributed by atoms with Crippen LogP contribution in [0.1, 0.15) is 24.0 Å². The molecule has 3 nitrogen and oxygen atoms in total. The number of nitrogens with one attached hydrogen (secondary N) is 1. The normalized spacial score (nSPS) is 14.4. The number of aryl methyl sites for hydroxylation is 1. The van der Waals surface area contributed by atoms with E-state index in [2.05, 4.69) is 35.3 Å². The van der Waals surface area contributed by atoms with E-state index >= 15 is 0 Å². The van der Waals surface area contributed by atoms with Crippen LogP contribution in [0.3, 0.4) is 0 Å². The van der Waals surface area contributed by atoms with Gasteiger partial charge >= 0.3 is 0 Å². The molecular weight excluding hydrogens is 260 g/mol. The van der Waals surface area contributed by atoms with Crippen LogP contribution < -0.4 is 10.2 Å². The first-order valence-corrected chi connectivity index (χ1v) is 7.60.